The van der Waals surface area contributed by atoms with Crippen LogP contribution < -0.4 is 16.2 Å². The Labute approximate surface area is 107 Å². The first kappa shape index (κ1) is 14.1. The van der Waals surface area contributed by atoms with Gasteiger partial charge in [0.2, 0.25) is 5.91 Å². The third-order valence-corrected chi connectivity index (χ3v) is 2.27. The van der Waals surface area contributed by atoms with E-state index in [2.05, 4.69) is 0 Å². The van der Waals surface area contributed by atoms with Crippen molar-refractivity contribution in [3.05, 3.63) is 29.8 Å². The molecule has 18 heavy (non-hydrogen) atoms. The number of likely N-dealkylation sites (N-methyl/N-ethyl adjacent to an activating group) is 1. The third kappa shape index (κ3) is 4.88. The normalized spacial score (nSPS) is 11.1. The van der Waals surface area contributed by atoms with Crippen molar-refractivity contribution in [2.45, 2.75) is 0 Å². The van der Waals surface area contributed by atoms with Crippen LogP contribution in [0.1, 0.15) is 5.56 Å². The van der Waals surface area contributed by atoms with E-state index in [1.54, 1.807) is 18.2 Å². The lowest BCUT2D eigenvalue weighted by Gasteiger charge is -2.12. The van der Waals surface area contributed by atoms with Crippen molar-refractivity contribution in [2.75, 3.05) is 33.0 Å². The zero-order valence-corrected chi connectivity index (χ0v) is 10.7. The van der Waals surface area contributed by atoms with Gasteiger partial charge in [-0.05, 0) is 37.9 Å². The molecule has 0 fully saturated rings. The first-order valence-corrected chi connectivity index (χ1v) is 5.63. The summed E-state index contributed by atoms with van der Waals surface area (Å²) >= 11 is 0. The molecule has 1 amide bonds. The highest BCUT2D eigenvalue weighted by Crippen LogP contribution is 2.23. The summed E-state index contributed by atoms with van der Waals surface area (Å²) in [5.41, 5.74) is 12.2. The van der Waals surface area contributed by atoms with Gasteiger partial charge in [0, 0.05) is 12.6 Å². The average molecular weight is 249 g/mol. The second-order valence-corrected chi connectivity index (χ2v) is 4.18. The summed E-state index contributed by atoms with van der Waals surface area (Å²) in [7, 11) is 3.95. The Morgan fingerprint density at radius 2 is 2.17 bits per heavy atom. The van der Waals surface area contributed by atoms with Gasteiger partial charge in [0.05, 0.1) is 5.69 Å². The minimum atomic E-state index is -0.486. The number of benzene rings is 1. The lowest BCUT2D eigenvalue weighted by atomic mass is 10.1. The highest BCUT2D eigenvalue weighted by molar-refractivity contribution is 5.90. The molecule has 0 spiro atoms. The molecule has 98 valence electrons. The van der Waals surface area contributed by atoms with Crippen molar-refractivity contribution in [3.8, 4) is 5.75 Å². The van der Waals surface area contributed by atoms with Gasteiger partial charge in [-0.2, -0.15) is 0 Å². The zero-order chi connectivity index (χ0) is 13.5. The average Bonchev–Trinajstić information content (AvgIpc) is 2.28. The molecule has 0 aliphatic carbocycles. The molecule has 0 aliphatic heterocycles. The Bertz CT molecular complexity index is 442. The summed E-state index contributed by atoms with van der Waals surface area (Å²) in [5, 5.41) is 0. The lowest BCUT2D eigenvalue weighted by Crippen LogP contribution is -2.19. The van der Waals surface area contributed by atoms with Crippen LogP contribution in [0.2, 0.25) is 0 Å². The molecule has 0 atom stereocenters. The summed E-state index contributed by atoms with van der Waals surface area (Å²) in [6, 6.07) is 5.34. The van der Waals surface area contributed by atoms with Gasteiger partial charge in [-0.1, -0.05) is 6.07 Å². The van der Waals surface area contributed by atoms with Gasteiger partial charge in [0.15, 0.2) is 0 Å². The largest absolute Gasteiger partial charge is 0.490 e. The van der Waals surface area contributed by atoms with Crippen molar-refractivity contribution in [1.82, 2.24) is 4.90 Å². The summed E-state index contributed by atoms with van der Waals surface area (Å²) in [6.45, 7) is 1.40. The molecule has 0 unspecified atom stereocenters. The second kappa shape index (κ2) is 6.66. The van der Waals surface area contributed by atoms with Gasteiger partial charge in [0.25, 0.3) is 0 Å². The van der Waals surface area contributed by atoms with E-state index >= 15 is 0 Å². The van der Waals surface area contributed by atoms with Crippen LogP contribution in [0.5, 0.6) is 5.75 Å². The van der Waals surface area contributed by atoms with Crippen molar-refractivity contribution in [3.63, 3.8) is 0 Å². The summed E-state index contributed by atoms with van der Waals surface area (Å²) in [5.74, 6) is 0.160. The molecule has 0 saturated carbocycles. The topological polar surface area (TPSA) is 81.6 Å². The van der Waals surface area contributed by atoms with E-state index in [9.17, 15) is 4.79 Å². The number of ether oxygens (including phenoxy) is 1. The first-order chi connectivity index (χ1) is 8.49. The maximum absolute atomic E-state index is 10.6. The minimum Gasteiger partial charge on any atom is -0.490 e. The van der Waals surface area contributed by atoms with Crippen LogP contribution in [0.3, 0.4) is 0 Å². The van der Waals surface area contributed by atoms with Gasteiger partial charge < -0.3 is 21.1 Å². The predicted molar refractivity (Wildman–Crippen MR) is 73.1 cm³/mol. The maximum Gasteiger partial charge on any atom is 0.241 e. The molecule has 0 saturated heterocycles. The number of primary amides is 1. The molecular weight excluding hydrogens is 230 g/mol. The number of anilines is 1. The summed E-state index contributed by atoms with van der Waals surface area (Å²) < 4.78 is 5.55. The number of nitrogen functional groups attached to an aromatic ring is 1. The Morgan fingerprint density at radius 3 is 2.72 bits per heavy atom. The second-order valence-electron chi connectivity index (χ2n) is 4.18. The fourth-order valence-electron chi connectivity index (χ4n) is 1.32. The monoisotopic (exact) mass is 249 g/mol. The highest BCUT2D eigenvalue weighted by atomic mass is 16.5. The van der Waals surface area contributed by atoms with E-state index in [-0.39, 0.29) is 0 Å². The molecule has 0 heterocycles. The fourth-order valence-corrected chi connectivity index (χ4v) is 1.32. The molecule has 0 bridgehead atoms. The predicted octanol–water partition coefficient (Wildman–Crippen LogP) is 0.708. The molecule has 1 aromatic carbocycles. The van der Waals surface area contributed by atoms with E-state index < -0.39 is 5.91 Å². The number of hydrogen-bond donors (Lipinski definition) is 2. The van der Waals surface area contributed by atoms with Crippen molar-refractivity contribution in [1.29, 1.82) is 0 Å². The zero-order valence-electron chi connectivity index (χ0n) is 10.7. The van der Waals surface area contributed by atoms with E-state index in [1.165, 1.54) is 6.08 Å². The number of nitrogens with zero attached hydrogens (tertiary/aromatic N) is 1. The number of carbonyl (C=O) groups excluding carboxylic acids is 1. The Kier molecular flexibility index (Phi) is 5.20. The van der Waals surface area contributed by atoms with Crippen LogP contribution in [0.15, 0.2) is 24.3 Å². The van der Waals surface area contributed by atoms with Crippen LogP contribution >= 0.6 is 0 Å². The van der Waals surface area contributed by atoms with Crippen LogP contribution in [0.25, 0.3) is 6.08 Å². The van der Waals surface area contributed by atoms with Crippen molar-refractivity contribution >= 4 is 17.7 Å². The van der Waals surface area contributed by atoms with Gasteiger partial charge in [-0.3, -0.25) is 4.79 Å². The molecule has 5 heteroatoms. The quantitative estimate of drug-likeness (QED) is 0.574. The number of rotatable bonds is 6. The highest BCUT2D eigenvalue weighted by Gasteiger charge is 2.01. The van der Waals surface area contributed by atoms with Crippen molar-refractivity contribution < 1.29 is 9.53 Å². The first-order valence-electron chi connectivity index (χ1n) is 5.63. The van der Waals surface area contributed by atoms with Crippen LogP contribution in [-0.4, -0.2) is 38.1 Å². The van der Waals surface area contributed by atoms with E-state index in [0.29, 0.717) is 18.0 Å². The molecule has 1 aromatic rings. The molecule has 0 radical (unpaired) electrons. The standard InChI is InChI=1S/C13H19N3O2/c1-16(2)7-8-18-12-5-3-10(9-11(12)14)4-6-13(15)17/h3-6,9H,7-8,14H2,1-2H3,(H2,15,17)/b6-4-. The molecule has 1 rings (SSSR count). The number of carbonyl (C=O) groups is 1. The van der Waals surface area contributed by atoms with Gasteiger partial charge in [-0.15, -0.1) is 0 Å². The molecule has 5 nitrogen and oxygen atoms in total. The smallest absolute Gasteiger partial charge is 0.241 e. The maximum atomic E-state index is 10.6. The van der Waals surface area contributed by atoms with Gasteiger partial charge in [0.1, 0.15) is 12.4 Å². The Hall–Kier alpha value is -2.01. The van der Waals surface area contributed by atoms with E-state index in [0.717, 1.165) is 12.1 Å². The number of nitrogens with two attached hydrogens (primary N) is 2. The van der Waals surface area contributed by atoms with E-state index in [4.69, 9.17) is 16.2 Å². The molecular formula is C13H19N3O2. The SMILES string of the molecule is CN(C)CCOc1ccc(/C=C\C(N)=O)cc1N. The fraction of sp³-hybridized carbons (Fsp3) is 0.308. The summed E-state index contributed by atoms with van der Waals surface area (Å²) in [6.07, 6.45) is 2.91. The van der Waals surface area contributed by atoms with Crippen LogP contribution in [0.4, 0.5) is 5.69 Å². The molecule has 0 aromatic heterocycles. The van der Waals surface area contributed by atoms with Gasteiger partial charge >= 0.3 is 0 Å². The van der Waals surface area contributed by atoms with E-state index in [1.807, 2.05) is 25.1 Å². The molecule has 4 N–H and O–H groups in total. The lowest BCUT2D eigenvalue weighted by molar-refractivity contribution is -0.113. The minimum absolute atomic E-state index is 0.486. The van der Waals surface area contributed by atoms with Crippen LogP contribution in [0, 0.1) is 0 Å². The third-order valence-electron chi connectivity index (χ3n) is 2.27. The van der Waals surface area contributed by atoms with Crippen molar-refractivity contribution in [2.24, 2.45) is 5.73 Å². The number of hydrogen-bond acceptors (Lipinski definition) is 4. The molecule has 0 aliphatic rings. The van der Waals surface area contributed by atoms with Crippen LogP contribution in [-0.2, 0) is 4.79 Å². The Balaban J connectivity index is 2.65. The van der Waals surface area contributed by atoms with Gasteiger partial charge in [-0.25, -0.2) is 0 Å². The summed E-state index contributed by atoms with van der Waals surface area (Å²) in [4.78, 5) is 12.6. The number of amides is 1. The Morgan fingerprint density at radius 1 is 1.44 bits per heavy atom.